The molecule has 23 heavy (non-hydrogen) atoms. The monoisotopic (exact) mass is 312 g/mol. The Morgan fingerprint density at radius 2 is 2.17 bits per heavy atom. The van der Waals surface area contributed by atoms with E-state index < -0.39 is 0 Å². The number of para-hydroxylation sites is 2. The van der Waals surface area contributed by atoms with E-state index in [0.717, 1.165) is 30.5 Å². The van der Waals surface area contributed by atoms with Gasteiger partial charge in [0.05, 0.1) is 17.6 Å². The van der Waals surface area contributed by atoms with Gasteiger partial charge in [-0.2, -0.15) is 4.98 Å². The van der Waals surface area contributed by atoms with E-state index in [1.165, 1.54) is 0 Å². The average molecular weight is 312 g/mol. The third-order valence-corrected chi connectivity index (χ3v) is 4.00. The summed E-state index contributed by atoms with van der Waals surface area (Å²) in [6, 6.07) is 7.52. The number of hydrogen-bond acceptors (Lipinski definition) is 6. The zero-order chi connectivity index (χ0) is 15.8. The van der Waals surface area contributed by atoms with Crippen LogP contribution in [0.5, 0.6) is 0 Å². The van der Waals surface area contributed by atoms with Gasteiger partial charge in [-0.25, -0.2) is 4.98 Å². The minimum atomic E-state index is -0.146. The van der Waals surface area contributed by atoms with Crippen LogP contribution in [0, 0.1) is 6.92 Å². The van der Waals surface area contributed by atoms with Crippen molar-refractivity contribution in [1.82, 2.24) is 19.7 Å². The van der Waals surface area contributed by atoms with Crippen molar-refractivity contribution in [2.24, 2.45) is 0 Å². The Labute approximate surface area is 131 Å². The third-order valence-electron chi connectivity index (χ3n) is 4.00. The smallest absolute Gasteiger partial charge is 0.272 e. The summed E-state index contributed by atoms with van der Waals surface area (Å²) in [4.78, 5) is 21.2. The van der Waals surface area contributed by atoms with Gasteiger partial charge in [-0.3, -0.25) is 9.36 Å². The fraction of sp³-hybridized carbons (Fsp3) is 0.375. The number of nitrogens with zero attached hydrogens (tertiary/aromatic N) is 4. The van der Waals surface area contributed by atoms with E-state index in [-0.39, 0.29) is 18.2 Å². The van der Waals surface area contributed by atoms with Crippen LogP contribution in [-0.2, 0) is 11.3 Å². The van der Waals surface area contributed by atoms with Gasteiger partial charge < -0.3 is 9.26 Å². The van der Waals surface area contributed by atoms with Gasteiger partial charge in [-0.15, -0.1) is 0 Å². The Kier molecular flexibility index (Phi) is 3.42. The van der Waals surface area contributed by atoms with E-state index in [0.29, 0.717) is 17.4 Å². The van der Waals surface area contributed by atoms with Crippen molar-refractivity contribution in [1.29, 1.82) is 0 Å². The van der Waals surface area contributed by atoms with E-state index in [2.05, 4.69) is 15.1 Å². The lowest BCUT2D eigenvalue weighted by molar-refractivity contribution is 0.0835. The van der Waals surface area contributed by atoms with E-state index in [4.69, 9.17) is 9.26 Å². The zero-order valence-corrected chi connectivity index (χ0v) is 12.7. The molecule has 0 amide bonds. The number of rotatable bonds is 3. The summed E-state index contributed by atoms with van der Waals surface area (Å²) in [5.41, 5.74) is 1.83. The summed E-state index contributed by atoms with van der Waals surface area (Å²) in [6.45, 7) is 2.67. The van der Waals surface area contributed by atoms with Gasteiger partial charge in [0, 0.05) is 6.61 Å². The molecule has 0 radical (unpaired) electrons. The molecule has 1 unspecified atom stereocenters. The summed E-state index contributed by atoms with van der Waals surface area (Å²) in [6.07, 6.45) is 1.76. The Morgan fingerprint density at radius 1 is 1.30 bits per heavy atom. The summed E-state index contributed by atoms with van der Waals surface area (Å²) in [5, 5.41) is 3.99. The zero-order valence-electron chi connectivity index (χ0n) is 12.7. The molecule has 1 atom stereocenters. The molecule has 3 aromatic rings. The largest absolute Gasteiger partial charge is 0.368 e. The van der Waals surface area contributed by atoms with Crippen molar-refractivity contribution in [2.45, 2.75) is 32.4 Å². The molecule has 1 fully saturated rings. The third kappa shape index (κ3) is 2.53. The predicted molar refractivity (Wildman–Crippen MR) is 82.1 cm³/mol. The van der Waals surface area contributed by atoms with Gasteiger partial charge >= 0.3 is 0 Å². The van der Waals surface area contributed by atoms with Crippen LogP contribution in [0.15, 0.2) is 33.6 Å². The number of ether oxygens (including phenoxy) is 1. The fourth-order valence-corrected chi connectivity index (χ4v) is 2.85. The van der Waals surface area contributed by atoms with Crippen molar-refractivity contribution < 1.29 is 9.26 Å². The van der Waals surface area contributed by atoms with Gasteiger partial charge in [-0.05, 0) is 31.9 Å². The quantitative estimate of drug-likeness (QED) is 0.735. The Balaban J connectivity index is 1.72. The first-order chi connectivity index (χ1) is 11.2. The highest BCUT2D eigenvalue weighted by atomic mass is 16.5. The SMILES string of the molecule is Cc1nc2ccccc2n(Cc2noc(C3CCCO3)n2)c1=O. The van der Waals surface area contributed by atoms with E-state index >= 15 is 0 Å². The molecule has 3 heterocycles. The van der Waals surface area contributed by atoms with Crippen LogP contribution in [0.1, 0.15) is 36.4 Å². The van der Waals surface area contributed by atoms with Crippen LogP contribution in [-0.4, -0.2) is 26.3 Å². The van der Waals surface area contributed by atoms with Crippen LogP contribution in [0.2, 0.25) is 0 Å². The molecule has 0 saturated carbocycles. The van der Waals surface area contributed by atoms with Gasteiger partial charge in [0.2, 0.25) is 0 Å². The second-order valence-corrected chi connectivity index (χ2v) is 5.63. The van der Waals surface area contributed by atoms with Crippen molar-refractivity contribution in [3.63, 3.8) is 0 Å². The lowest BCUT2D eigenvalue weighted by atomic mass is 10.2. The summed E-state index contributed by atoms with van der Waals surface area (Å²) in [7, 11) is 0. The molecule has 1 saturated heterocycles. The molecule has 0 aliphatic carbocycles. The molecule has 1 aliphatic rings. The van der Waals surface area contributed by atoms with Crippen LogP contribution in [0.4, 0.5) is 0 Å². The average Bonchev–Trinajstić information content (AvgIpc) is 3.23. The number of benzene rings is 1. The normalized spacial score (nSPS) is 17.9. The minimum Gasteiger partial charge on any atom is -0.368 e. The predicted octanol–water partition coefficient (Wildman–Crippen LogP) is 1.99. The highest BCUT2D eigenvalue weighted by Crippen LogP contribution is 2.27. The van der Waals surface area contributed by atoms with Crippen LogP contribution in [0.25, 0.3) is 11.0 Å². The molecule has 0 bridgehead atoms. The van der Waals surface area contributed by atoms with Crippen molar-refractivity contribution in [3.8, 4) is 0 Å². The van der Waals surface area contributed by atoms with Crippen LogP contribution >= 0.6 is 0 Å². The van der Waals surface area contributed by atoms with E-state index in [1.54, 1.807) is 11.5 Å². The standard InChI is InChI=1S/C16H16N4O3/c1-10-16(21)20(12-6-3-2-5-11(12)17-10)9-14-18-15(23-19-14)13-7-4-8-22-13/h2-3,5-6,13H,4,7-9H2,1H3. The topological polar surface area (TPSA) is 83.0 Å². The Hall–Kier alpha value is -2.54. The molecule has 4 rings (SSSR count). The summed E-state index contributed by atoms with van der Waals surface area (Å²) in [5.74, 6) is 0.953. The first-order valence-corrected chi connectivity index (χ1v) is 7.62. The maximum atomic E-state index is 12.4. The molecule has 1 aromatic carbocycles. The molecule has 0 N–H and O–H groups in total. The number of fused-ring (bicyclic) bond motifs is 1. The first-order valence-electron chi connectivity index (χ1n) is 7.62. The van der Waals surface area contributed by atoms with Gasteiger partial charge in [0.25, 0.3) is 11.4 Å². The lowest BCUT2D eigenvalue weighted by Gasteiger charge is -2.08. The molecule has 1 aliphatic heterocycles. The molecule has 0 spiro atoms. The molecule has 2 aromatic heterocycles. The number of aromatic nitrogens is 4. The highest BCUT2D eigenvalue weighted by molar-refractivity contribution is 5.74. The molecule has 118 valence electrons. The number of aryl methyl sites for hydroxylation is 1. The maximum absolute atomic E-state index is 12.4. The first kappa shape index (κ1) is 14.1. The summed E-state index contributed by atoms with van der Waals surface area (Å²) >= 11 is 0. The van der Waals surface area contributed by atoms with Crippen LogP contribution in [0.3, 0.4) is 0 Å². The molecular weight excluding hydrogens is 296 g/mol. The molecule has 7 heteroatoms. The molecular formula is C16H16N4O3. The van der Waals surface area contributed by atoms with Crippen LogP contribution < -0.4 is 5.56 Å². The molecule has 7 nitrogen and oxygen atoms in total. The minimum absolute atomic E-state index is 0.121. The lowest BCUT2D eigenvalue weighted by Crippen LogP contribution is -2.25. The number of hydrogen-bond donors (Lipinski definition) is 0. The maximum Gasteiger partial charge on any atom is 0.272 e. The van der Waals surface area contributed by atoms with Crippen molar-refractivity contribution in [2.75, 3.05) is 6.61 Å². The van der Waals surface area contributed by atoms with Gasteiger partial charge in [-0.1, -0.05) is 17.3 Å². The Bertz CT molecular complexity index is 909. The van der Waals surface area contributed by atoms with E-state index in [9.17, 15) is 4.79 Å². The Morgan fingerprint density at radius 3 is 3.00 bits per heavy atom. The second kappa shape index (κ2) is 5.58. The fourth-order valence-electron chi connectivity index (χ4n) is 2.85. The van der Waals surface area contributed by atoms with Gasteiger partial charge in [0.1, 0.15) is 11.8 Å². The van der Waals surface area contributed by atoms with E-state index in [1.807, 2.05) is 24.3 Å². The highest BCUT2D eigenvalue weighted by Gasteiger charge is 2.24. The van der Waals surface area contributed by atoms with Crippen molar-refractivity contribution in [3.05, 3.63) is 52.0 Å². The second-order valence-electron chi connectivity index (χ2n) is 5.63. The van der Waals surface area contributed by atoms with Gasteiger partial charge in [0.15, 0.2) is 5.82 Å². The van der Waals surface area contributed by atoms with Crippen molar-refractivity contribution >= 4 is 11.0 Å². The summed E-state index contributed by atoms with van der Waals surface area (Å²) < 4.78 is 12.5.